The molecule has 2 rings (SSSR count). The van der Waals surface area contributed by atoms with E-state index >= 15 is 0 Å². The number of nitrogens with one attached hydrogen (secondary N) is 2. The van der Waals surface area contributed by atoms with Gasteiger partial charge in [-0.15, -0.1) is 0 Å². The normalized spacial score (nSPS) is 13.0. The summed E-state index contributed by atoms with van der Waals surface area (Å²) in [5.74, 6) is 0.269. The molecule has 0 saturated carbocycles. The first-order chi connectivity index (χ1) is 13.5. The van der Waals surface area contributed by atoms with Crippen molar-refractivity contribution in [3.05, 3.63) is 59.7 Å². The molecule has 29 heavy (non-hydrogen) atoms. The van der Waals surface area contributed by atoms with Gasteiger partial charge < -0.3 is 10.1 Å². The maximum absolute atomic E-state index is 13.0. The molecular formula is C22H30N2O4S. The number of hydrogen-bond acceptors (Lipinski definition) is 4. The van der Waals surface area contributed by atoms with Crippen LogP contribution in [0.15, 0.2) is 53.4 Å². The van der Waals surface area contributed by atoms with Gasteiger partial charge in [-0.3, -0.25) is 4.79 Å². The molecule has 1 atom stereocenters. The maximum atomic E-state index is 13.0. The van der Waals surface area contributed by atoms with Crippen LogP contribution in [0.2, 0.25) is 0 Å². The molecule has 0 bridgehead atoms. The molecule has 7 heteroatoms. The molecule has 2 N–H and O–H groups in total. The molecule has 0 saturated heterocycles. The molecule has 0 fully saturated rings. The lowest BCUT2D eigenvalue weighted by Crippen LogP contribution is -2.52. The van der Waals surface area contributed by atoms with Crippen LogP contribution in [0.25, 0.3) is 0 Å². The summed E-state index contributed by atoms with van der Waals surface area (Å²) >= 11 is 0. The van der Waals surface area contributed by atoms with Gasteiger partial charge in [-0.2, -0.15) is 4.72 Å². The van der Waals surface area contributed by atoms with E-state index in [1.165, 1.54) is 6.07 Å². The second-order valence-electron chi connectivity index (χ2n) is 7.96. The van der Waals surface area contributed by atoms with E-state index in [2.05, 4.69) is 10.0 Å². The average Bonchev–Trinajstić information content (AvgIpc) is 2.62. The van der Waals surface area contributed by atoms with E-state index in [1.807, 2.05) is 58.0 Å². The first-order valence-corrected chi connectivity index (χ1v) is 11.1. The smallest absolute Gasteiger partial charge is 0.241 e. The number of benzene rings is 2. The Morgan fingerprint density at radius 1 is 1.10 bits per heavy atom. The Bertz CT molecular complexity index is 935. The van der Waals surface area contributed by atoms with Crippen molar-refractivity contribution < 1.29 is 17.9 Å². The van der Waals surface area contributed by atoms with Crippen molar-refractivity contribution in [2.45, 2.75) is 57.5 Å². The van der Waals surface area contributed by atoms with Gasteiger partial charge in [-0.05, 0) is 70.4 Å². The first kappa shape index (κ1) is 22.9. The number of sulfonamides is 1. The Balaban J connectivity index is 2.30. The molecule has 0 spiro atoms. The third-order valence-corrected chi connectivity index (χ3v) is 5.62. The van der Waals surface area contributed by atoms with Gasteiger partial charge >= 0.3 is 0 Å². The van der Waals surface area contributed by atoms with Gasteiger partial charge in [0.15, 0.2) is 0 Å². The minimum absolute atomic E-state index is 0.0973. The standard InChI is InChI=1S/C22H30N2O4S/c1-6-28-20-13-12-18(14-16(20)2)29(26,27)24-19(21(25)23-22(3,4)5)15-17-10-8-7-9-11-17/h7-14,19,24H,6,15H2,1-5H3,(H,23,25)/t19-/m0/s1. The molecule has 0 radical (unpaired) electrons. The molecule has 1 amide bonds. The van der Waals surface area contributed by atoms with Gasteiger partial charge in [0.1, 0.15) is 11.8 Å². The Labute approximate surface area is 173 Å². The van der Waals surface area contributed by atoms with E-state index < -0.39 is 21.6 Å². The van der Waals surface area contributed by atoms with Gasteiger partial charge in [0, 0.05) is 5.54 Å². The first-order valence-electron chi connectivity index (χ1n) is 9.63. The average molecular weight is 419 g/mol. The predicted octanol–water partition coefficient (Wildman–Crippen LogP) is 3.20. The van der Waals surface area contributed by atoms with Crippen LogP contribution < -0.4 is 14.8 Å². The minimum atomic E-state index is -3.90. The summed E-state index contributed by atoms with van der Waals surface area (Å²) in [4.78, 5) is 12.9. The summed E-state index contributed by atoms with van der Waals surface area (Å²) in [6, 6.07) is 13.1. The highest BCUT2D eigenvalue weighted by Crippen LogP contribution is 2.22. The number of hydrogen-bond donors (Lipinski definition) is 2. The fraction of sp³-hybridized carbons (Fsp3) is 0.409. The third-order valence-electron chi connectivity index (χ3n) is 4.15. The van der Waals surface area contributed by atoms with Crippen LogP contribution in [0.3, 0.4) is 0 Å². The summed E-state index contributed by atoms with van der Waals surface area (Å²) in [6.07, 6.45) is 0.248. The van der Waals surface area contributed by atoms with Crippen LogP contribution in [0.1, 0.15) is 38.8 Å². The molecule has 2 aromatic rings. The molecule has 2 aromatic carbocycles. The Morgan fingerprint density at radius 2 is 1.76 bits per heavy atom. The number of carbonyl (C=O) groups is 1. The molecular weight excluding hydrogens is 388 g/mol. The fourth-order valence-corrected chi connectivity index (χ4v) is 4.14. The molecule has 6 nitrogen and oxygen atoms in total. The van der Waals surface area contributed by atoms with Crippen molar-refractivity contribution in [3.8, 4) is 5.75 Å². The lowest BCUT2D eigenvalue weighted by atomic mass is 10.0. The van der Waals surface area contributed by atoms with E-state index in [-0.39, 0.29) is 17.2 Å². The number of rotatable bonds is 8. The van der Waals surface area contributed by atoms with Gasteiger partial charge in [-0.25, -0.2) is 8.42 Å². The summed E-state index contributed by atoms with van der Waals surface area (Å²) in [6.45, 7) is 9.72. The minimum Gasteiger partial charge on any atom is -0.494 e. The molecule has 0 heterocycles. The van der Waals surface area contributed by atoms with Gasteiger partial charge in [0.25, 0.3) is 0 Å². The topological polar surface area (TPSA) is 84.5 Å². The number of amides is 1. The van der Waals surface area contributed by atoms with Crippen LogP contribution in [0.5, 0.6) is 5.75 Å². The number of aryl methyl sites for hydroxylation is 1. The van der Waals surface area contributed by atoms with Gasteiger partial charge in [0.05, 0.1) is 11.5 Å². The lowest BCUT2D eigenvalue weighted by molar-refractivity contribution is -0.124. The van der Waals surface area contributed by atoms with E-state index in [0.717, 1.165) is 5.56 Å². The predicted molar refractivity (Wildman–Crippen MR) is 114 cm³/mol. The Morgan fingerprint density at radius 3 is 2.31 bits per heavy atom. The molecule has 158 valence electrons. The molecule has 0 aliphatic rings. The monoisotopic (exact) mass is 418 g/mol. The highest BCUT2D eigenvalue weighted by molar-refractivity contribution is 7.89. The highest BCUT2D eigenvalue weighted by atomic mass is 32.2. The van der Waals surface area contributed by atoms with Crippen molar-refractivity contribution in [1.82, 2.24) is 10.0 Å². The summed E-state index contributed by atoms with van der Waals surface area (Å²) in [5.41, 5.74) is 1.10. The van der Waals surface area contributed by atoms with E-state index in [1.54, 1.807) is 19.1 Å². The van der Waals surface area contributed by atoms with Crippen molar-refractivity contribution in [3.63, 3.8) is 0 Å². The lowest BCUT2D eigenvalue weighted by Gasteiger charge is -2.25. The largest absolute Gasteiger partial charge is 0.494 e. The SMILES string of the molecule is CCOc1ccc(S(=O)(=O)N[C@@H](Cc2ccccc2)C(=O)NC(C)(C)C)cc1C. The fourth-order valence-electron chi connectivity index (χ4n) is 2.86. The summed E-state index contributed by atoms with van der Waals surface area (Å²) in [5, 5.41) is 2.86. The van der Waals surface area contributed by atoms with E-state index in [4.69, 9.17) is 4.74 Å². The molecule has 0 aromatic heterocycles. The van der Waals surface area contributed by atoms with Crippen LogP contribution >= 0.6 is 0 Å². The van der Waals surface area contributed by atoms with Crippen LogP contribution in [0.4, 0.5) is 0 Å². The Hall–Kier alpha value is -2.38. The second kappa shape index (κ2) is 9.41. The maximum Gasteiger partial charge on any atom is 0.241 e. The van der Waals surface area contributed by atoms with Gasteiger partial charge in [-0.1, -0.05) is 30.3 Å². The zero-order chi connectivity index (χ0) is 21.7. The number of ether oxygens (including phenoxy) is 1. The second-order valence-corrected chi connectivity index (χ2v) is 9.68. The van der Waals surface area contributed by atoms with Crippen molar-refractivity contribution in [1.29, 1.82) is 0 Å². The summed E-state index contributed by atoms with van der Waals surface area (Å²) in [7, 11) is -3.90. The zero-order valence-corrected chi connectivity index (χ0v) is 18.5. The third kappa shape index (κ3) is 6.87. The van der Waals surface area contributed by atoms with Crippen LogP contribution in [-0.4, -0.2) is 32.5 Å². The summed E-state index contributed by atoms with van der Waals surface area (Å²) < 4.78 is 34.0. The van der Waals surface area contributed by atoms with Crippen molar-refractivity contribution in [2.75, 3.05) is 6.61 Å². The zero-order valence-electron chi connectivity index (χ0n) is 17.7. The van der Waals surface area contributed by atoms with E-state index in [0.29, 0.717) is 17.9 Å². The number of carbonyl (C=O) groups excluding carboxylic acids is 1. The van der Waals surface area contributed by atoms with Crippen molar-refractivity contribution in [2.24, 2.45) is 0 Å². The molecule has 0 unspecified atom stereocenters. The molecule has 0 aliphatic carbocycles. The van der Waals surface area contributed by atoms with Crippen molar-refractivity contribution >= 4 is 15.9 Å². The quantitative estimate of drug-likeness (QED) is 0.689. The van der Waals surface area contributed by atoms with E-state index in [9.17, 15) is 13.2 Å². The highest BCUT2D eigenvalue weighted by Gasteiger charge is 2.28. The Kier molecular flexibility index (Phi) is 7.43. The van der Waals surface area contributed by atoms with Crippen LogP contribution in [0, 0.1) is 6.92 Å². The molecule has 0 aliphatic heterocycles. The van der Waals surface area contributed by atoms with Gasteiger partial charge in [0.2, 0.25) is 15.9 Å². The van der Waals surface area contributed by atoms with Crippen LogP contribution in [-0.2, 0) is 21.2 Å².